The lowest BCUT2D eigenvalue weighted by Crippen LogP contribution is -2.34. The molecule has 1 aromatic heterocycles. The van der Waals surface area contributed by atoms with Crippen molar-refractivity contribution in [3.8, 4) is 0 Å². The molecule has 1 atom stereocenters. The number of hydrogen-bond donors (Lipinski definition) is 1. The Morgan fingerprint density at radius 2 is 2.33 bits per heavy atom. The first-order chi connectivity index (χ1) is 6.79. The van der Waals surface area contributed by atoms with Crippen molar-refractivity contribution in [2.75, 3.05) is 13.1 Å². The smallest absolute Gasteiger partial charge is 0.0701 e. The monoisotopic (exact) mass is 310 g/mol. The van der Waals surface area contributed by atoms with Crippen molar-refractivity contribution in [2.24, 2.45) is 5.73 Å². The molecule has 2 nitrogen and oxygen atoms in total. The molecule has 15 heavy (non-hydrogen) atoms. The predicted molar refractivity (Wildman–Crippen MR) is 71.8 cm³/mol. The zero-order valence-corrected chi connectivity index (χ0v) is 11.7. The highest BCUT2D eigenvalue weighted by Crippen LogP contribution is 2.26. The largest absolute Gasteiger partial charge is 0.329 e. The van der Waals surface area contributed by atoms with E-state index < -0.39 is 0 Å². The Hall–Kier alpha value is 0.390. The van der Waals surface area contributed by atoms with E-state index >= 15 is 0 Å². The van der Waals surface area contributed by atoms with Crippen LogP contribution in [-0.4, -0.2) is 24.0 Å². The minimum Gasteiger partial charge on any atom is -0.329 e. The number of nitrogens with two attached hydrogens (primary N) is 1. The maximum Gasteiger partial charge on any atom is 0.0701 e. The fraction of sp³-hybridized carbons (Fsp3) is 0.600. The predicted octanol–water partition coefficient (Wildman–Crippen LogP) is 2.86. The zero-order valence-electron chi connectivity index (χ0n) is 8.49. The molecule has 0 amide bonds. The molecule has 1 aliphatic heterocycles. The number of rotatable bonds is 3. The molecule has 0 bridgehead atoms. The quantitative estimate of drug-likeness (QED) is 0.930. The minimum atomic E-state index is 0. The highest BCUT2D eigenvalue weighted by molar-refractivity contribution is 9.11. The summed E-state index contributed by atoms with van der Waals surface area (Å²) in [4.78, 5) is 3.93. The van der Waals surface area contributed by atoms with Gasteiger partial charge in [0.2, 0.25) is 0 Å². The maximum absolute atomic E-state index is 5.74. The molecule has 2 N–H and O–H groups in total. The molecule has 1 unspecified atom stereocenters. The molecule has 0 saturated carbocycles. The summed E-state index contributed by atoms with van der Waals surface area (Å²) in [5.41, 5.74) is 5.74. The molecule has 2 rings (SSSR count). The third kappa shape index (κ3) is 3.43. The number of thiophene rings is 1. The van der Waals surface area contributed by atoms with Crippen molar-refractivity contribution in [3.63, 3.8) is 0 Å². The summed E-state index contributed by atoms with van der Waals surface area (Å²) >= 11 is 5.31. The minimum absolute atomic E-state index is 0. The number of halogens is 2. The van der Waals surface area contributed by atoms with Crippen molar-refractivity contribution in [2.45, 2.75) is 25.4 Å². The topological polar surface area (TPSA) is 29.3 Å². The molecule has 5 heteroatoms. The van der Waals surface area contributed by atoms with Crippen LogP contribution in [0.4, 0.5) is 0 Å². The van der Waals surface area contributed by atoms with Gasteiger partial charge in [-0.05, 0) is 47.4 Å². The van der Waals surface area contributed by atoms with Crippen molar-refractivity contribution in [3.05, 3.63) is 20.8 Å². The van der Waals surface area contributed by atoms with Gasteiger partial charge in [-0.2, -0.15) is 0 Å². The summed E-state index contributed by atoms with van der Waals surface area (Å²) in [6, 6.07) is 4.92. The van der Waals surface area contributed by atoms with Crippen LogP contribution < -0.4 is 5.73 Å². The first-order valence-electron chi connectivity index (χ1n) is 4.98. The van der Waals surface area contributed by atoms with Crippen LogP contribution in [-0.2, 0) is 6.54 Å². The Balaban J connectivity index is 0.00000112. The molecular formula is C10H16BrClN2S. The van der Waals surface area contributed by atoms with Gasteiger partial charge in [0.15, 0.2) is 0 Å². The number of hydrogen-bond acceptors (Lipinski definition) is 3. The number of likely N-dealkylation sites (tertiary alicyclic amines) is 1. The van der Waals surface area contributed by atoms with Crippen LogP contribution in [0.15, 0.2) is 15.9 Å². The second-order valence-electron chi connectivity index (χ2n) is 3.71. The maximum atomic E-state index is 5.74. The SMILES string of the molecule is Cl.NCC1CCCN1Cc1ccc(Br)s1. The van der Waals surface area contributed by atoms with Gasteiger partial charge in [0.05, 0.1) is 3.79 Å². The van der Waals surface area contributed by atoms with Crippen LogP contribution in [0.3, 0.4) is 0 Å². The van der Waals surface area contributed by atoms with Crippen LogP contribution >= 0.6 is 39.7 Å². The van der Waals surface area contributed by atoms with E-state index in [0.29, 0.717) is 6.04 Å². The molecule has 1 saturated heterocycles. The van der Waals surface area contributed by atoms with Crippen LogP contribution in [0.5, 0.6) is 0 Å². The lowest BCUT2D eigenvalue weighted by molar-refractivity contribution is 0.252. The van der Waals surface area contributed by atoms with E-state index in [1.165, 1.54) is 28.0 Å². The van der Waals surface area contributed by atoms with Gasteiger partial charge in [-0.3, -0.25) is 4.90 Å². The molecule has 0 aliphatic carbocycles. The van der Waals surface area contributed by atoms with E-state index in [-0.39, 0.29) is 12.4 Å². The molecule has 0 spiro atoms. The van der Waals surface area contributed by atoms with E-state index in [9.17, 15) is 0 Å². The van der Waals surface area contributed by atoms with Gasteiger partial charge >= 0.3 is 0 Å². The highest BCUT2D eigenvalue weighted by atomic mass is 79.9. The summed E-state index contributed by atoms with van der Waals surface area (Å²) in [5.74, 6) is 0. The molecule has 1 fully saturated rings. The third-order valence-corrected chi connectivity index (χ3v) is 4.37. The Morgan fingerprint density at radius 1 is 1.53 bits per heavy atom. The van der Waals surface area contributed by atoms with Gasteiger partial charge in [-0.1, -0.05) is 0 Å². The molecule has 1 aromatic rings. The molecule has 0 aromatic carbocycles. The summed E-state index contributed by atoms with van der Waals surface area (Å²) in [7, 11) is 0. The lowest BCUT2D eigenvalue weighted by Gasteiger charge is -2.22. The van der Waals surface area contributed by atoms with E-state index in [4.69, 9.17) is 5.73 Å². The van der Waals surface area contributed by atoms with Crippen LogP contribution in [0.1, 0.15) is 17.7 Å². The van der Waals surface area contributed by atoms with E-state index in [1.807, 2.05) is 11.3 Å². The second kappa shape index (κ2) is 6.21. The van der Waals surface area contributed by atoms with Crippen LogP contribution in [0, 0.1) is 0 Å². The summed E-state index contributed by atoms with van der Waals surface area (Å²) < 4.78 is 1.22. The Kier molecular flexibility index (Phi) is 5.57. The van der Waals surface area contributed by atoms with Gasteiger partial charge in [0.25, 0.3) is 0 Å². The van der Waals surface area contributed by atoms with Gasteiger partial charge in [-0.15, -0.1) is 23.7 Å². The fourth-order valence-corrected chi connectivity index (χ4v) is 3.52. The third-order valence-electron chi connectivity index (χ3n) is 2.76. The molecular weight excluding hydrogens is 296 g/mol. The Labute approximate surface area is 109 Å². The van der Waals surface area contributed by atoms with E-state index in [2.05, 4.69) is 33.0 Å². The van der Waals surface area contributed by atoms with Gasteiger partial charge in [-0.25, -0.2) is 0 Å². The first kappa shape index (κ1) is 13.5. The summed E-state index contributed by atoms with van der Waals surface area (Å²) in [6.07, 6.45) is 2.57. The molecule has 1 aliphatic rings. The zero-order chi connectivity index (χ0) is 9.97. The standard InChI is InChI=1S/C10H15BrN2S.ClH/c11-10-4-3-9(14-10)7-13-5-1-2-8(13)6-12;/h3-4,8H,1-2,5-7,12H2;1H. The normalized spacial score (nSPS) is 21.6. The van der Waals surface area contributed by atoms with Gasteiger partial charge in [0, 0.05) is 24.0 Å². The number of nitrogens with zero attached hydrogens (tertiary/aromatic N) is 1. The molecule has 86 valence electrons. The van der Waals surface area contributed by atoms with Crippen molar-refractivity contribution >= 4 is 39.7 Å². The molecule has 2 heterocycles. The molecule has 0 radical (unpaired) electrons. The van der Waals surface area contributed by atoms with Gasteiger partial charge < -0.3 is 5.73 Å². The Morgan fingerprint density at radius 3 is 2.93 bits per heavy atom. The van der Waals surface area contributed by atoms with Crippen LogP contribution in [0.2, 0.25) is 0 Å². The lowest BCUT2D eigenvalue weighted by atomic mass is 10.2. The summed E-state index contributed by atoms with van der Waals surface area (Å²) in [5, 5.41) is 0. The summed E-state index contributed by atoms with van der Waals surface area (Å²) in [6.45, 7) is 3.07. The van der Waals surface area contributed by atoms with Crippen molar-refractivity contribution in [1.82, 2.24) is 4.90 Å². The van der Waals surface area contributed by atoms with Crippen LogP contribution in [0.25, 0.3) is 0 Å². The van der Waals surface area contributed by atoms with Crippen molar-refractivity contribution in [1.29, 1.82) is 0 Å². The first-order valence-corrected chi connectivity index (χ1v) is 6.59. The van der Waals surface area contributed by atoms with E-state index in [0.717, 1.165) is 13.1 Å². The van der Waals surface area contributed by atoms with E-state index in [1.54, 1.807) is 0 Å². The highest BCUT2D eigenvalue weighted by Gasteiger charge is 2.23. The van der Waals surface area contributed by atoms with Gasteiger partial charge in [0.1, 0.15) is 0 Å². The average molecular weight is 312 g/mol. The average Bonchev–Trinajstić information content (AvgIpc) is 2.76. The fourth-order valence-electron chi connectivity index (χ4n) is 2.01. The second-order valence-corrected chi connectivity index (χ2v) is 6.26. The van der Waals surface area contributed by atoms with Crippen molar-refractivity contribution < 1.29 is 0 Å². The Bertz CT molecular complexity index is 305.